The van der Waals surface area contributed by atoms with Gasteiger partial charge in [0.05, 0.1) is 18.0 Å². The molecule has 2 aromatic carbocycles. The van der Waals surface area contributed by atoms with Gasteiger partial charge in [0, 0.05) is 48.5 Å². The molecule has 8 heteroatoms. The van der Waals surface area contributed by atoms with Gasteiger partial charge in [-0.3, -0.25) is 9.79 Å². The number of hydrogen-bond acceptors (Lipinski definition) is 7. The lowest BCUT2D eigenvalue weighted by Crippen LogP contribution is -2.32. The largest absolute Gasteiger partial charge is 0.493 e. The van der Waals surface area contributed by atoms with Crippen molar-refractivity contribution in [3.05, 3.63) is 65.4 Å². The van der Waals surface area contributed by atoms with Crippen LogP contribution in [0.4, 0.5) is 11.6 Å². The third-order valence-electron chi connectivity index (χ3n) is 6.24. The molecule has 0 aliphatic carbocycles. The normalized spacial score (nSPS) is 16.4. The van der Waals surface area contributed by atoms with Gasteiger partial charge in [-0.2, -0.15) is 0 Å². The molecule has 2 aliphatic rings. The minimum absolute atomic E-state index is 0.0599. The third-order valence-corrected chi connectivity index (χ3v) is 6.24. The molecule has 1 atom stereocenters. The van der Waals surface area contributed by atoms with E-state index in [0.717, 1.165) is 53.4 Å². The number of nitrogens with zero attached hydrogens (tertiary/aromatic N) is 4. The first-order valence-corrected chi connectivity index (χ1v) is 11.4. The summed E-state index contributed by atoms with van der Waals surface area (Å²) in [6.07, 6.45) is 3.26. The van der Waals surface area contributed by atoms with Crippen LogP contribution < -0.4 is 15.8 Å². The van der Waals surface area contributed by atoms with Gasteiger partial charge in [0.25, 0.3) is 5.91 Å². The Kier molecular flexibility index (Phi) is 5.98. The number of nitrogens with one attached hydrogen (secondary N) is 1. The fourth-order valence-corrected chi connectivity index (χ4v) is 4.38. The Morgan fingerprint density at radius 3 is 2.88 bits per heavy atom. The number of amides is 1. The van der Waals surface area contributed by atoms with Crippen LogP contribution in [-0.2, 0) is 12.8 Å². The Morgan fingerprint density at radius 1 is 1.18 bits per heavy atom. The smallest absolute Gasteiger partial charge is 0.251 e. The van der Waals surface area contributed by atoms with Gasteiger partial charge in [-0.15, -0.1) is 0 Å². The van der Waals surface area contributed by atoms with Crippen LogP contribution in [0.1, 0.15) is 21.5 Å². The summed E-state index contributed by atoms with van der Waals surface area (Å²) in [6, 6.07) is 13.7. The molecule has 174 valence electrons. The molecule has 3 heterocycles. The van der Waals surface area contributed by atoms with E-state index < -0.39 is 0 Å². The standard InChI is InChI=1S/C26H28N6O2/c1-32(2)10-9-28-25(33)18-5-6-24-19(11-18)12-20(15-34-24)23-14-17-4-3-16(13-22(17)30-23)21-7-8-29-26(27)31-21/h3-8,11,13,20H,9-10,12,14-15H2,1-2H3,(H,28,33)(H2,27,29,31). The van der Waals surface area contributed by atoms with Gasteiger partial charge >= 0.3 is 0 Å². The number of likely N-dealkylation sites (N-methyl/N-ethyl adjacent to an activating group) is 1. The maximum absolute atomic E-state index is 12.6. The molecule has 3 aromatic rings. The summed E-state index contributed by atoms with van der Waals surface area (Å²) in [4.78, 5) is 27.8. The lowest BCUT2D eigenvalue weighted by Gasteiger charge is -2.26. The number of aliphatic imine (C=N–C) groups is 1. The summed E-state index contributed by atoms with van der Waals surface area (Å²) in [5.74, 6) is 1.21. The van der Waals surface area contributed by atoms with Crippen molar-refractivity contribution in [1.29, 1.82) is 0 Å². The number of benzene rings is 2. The molecular weight excluding hydrogens is 428 g/mol. The number of rotatable bonds is 6. The third kappa shape index (κ3) is 4.63. The summed E-state index contributed by atoms with van der Waals surface area (Å²) in [6.45, 7) is 2.00. The van der Waals surface area contributed by atoms with Crippen LogP contribution in [-0.4, -0.2) is 60.3 Å². The van der Waals surface area contributed by atoms with Crippen molar-refractivity contribution in [3.8, 4) is 17.0 Å². The molecule has 0 bridgehead atoms. The SMILES string of the molecule is CN(C)CCNC(=O)c1ccc2c(c1)CC(C1=Nc3cc(-c4ccnc(N)n4)ccc3C1)CO2. The number of ether oxygens (including phenoxy) is 1. The van der Waals surface area contributed by atoms with E-state index in [2.05, 4.69) is 27.4 Å². The van der Waals surface area contributed by atoms with E-state index in [1.54, 1.807) is 6.20 Å². The van der Waals surface area contributed by atoms with Crippen molar-refractivity contribution >= 4 is 23.3 Å². The van der Waals surface area contributed by atoms with Crippen molar-refractivity contribution in [3.63, 3.8) is 0 Å². The highest BCUT2D eigenvalue weighted by molar-refractivity contribution is 5.97. The number of anilines is 1. The van der Waals surface area contributed by atoms with E-state index in [-0.39, 0.29) is 17.8 Å². The second-order valence-electron chi connectivity index (χ2n) is 9.02. The van der Waals surface area contributed by atoms with Crippen LogP contribution in [0.25, 0.3) is 11.3 Å². The first-order chi connectivity index (χ1) is 16.5. The molecule has 1 aromatic heterocycles. The molecule has 1 amide bonds. The minimum atomic E-state index is -0.0599. The number of nitrogen functional groups attached to an aromatic ring is 1. The molecule has 0 radical (unpaired) electrons. The van der Waals surface area contributed by atoms with Gasteiger partial charge < -0.3 is 20.7 Å². The van der Waals surface area contributed by atoms with Crippen LogP contribution >= 0.6 is 0 Å². The van der Waals surface area contributed by atoms with Gasteiger partial charge in [-0.05, 0) is 62.0 Å². The summed E-state index contributed by atoms with van der Waals surface area (Å²) >= 11 is 0. The Morgan fingerprint density at radius 2 is 2.06 bits per heavy atom. The maximum atomic E-state index is 12.6. The molecule has 5 rings (SSSR count). The average molecular weight is 457 g/mol. The molecule has 3 N–H and O–H groups in total. The predicted octanol–water partition coefficient (Wildman–Crippen LogP) is 2.90. The highest BCUT2D eigenvalue weighted by atomic mass is 16.5. The van der Waals surface area contributed by atoms with Gasteiger partial charge in [-0.1, -0.05) is 12.1 Å². The minimum Gasteiger partial charge on any atom is -0.493 e. The van der Waals surface area contributed by atoms with Gasteiger partial charge in [0.1, 0.15) is 5.75 Å². The molecule has 34 heavy (non-hydrogen) atoms. The second-order valence-corrected chi connectivity index (χ2v) is 9.02. The van der Waals surface area contributed by atoms with E-state index in [1.165, 1.54) is 5.56 Å². The van der Waals surface area contributed by atoms with E-state index >= 15 is 0 Å². The highest BCUT2D eigenvalue weighted by Gasteiger charge is 2.28. The number of aromatic nitrogens is 2. The number of carbonyl (C=O) groups is 1. The molecule has 1 unspecified atom stereocenters. The number of fused-ring (bicyclic) bond motifs is 2. The average Bonchev–Trinajstić information content (AvgIpc) is 3.26. The zero-order valence-corrected chi connectivity index (χ0v) is 19.4. The van der Waals surface area contributed by atoms with Crippen molar-refractivity contribution < 1.29 is 9.53 Å². The Balaban J connectivity index is 1.31. The van der Waals surface area contributed by atoms with Crippen molar-refractivity contribution in [2.24, 2.45) is 10.9 Å². The zero-order valence-electron chi connectivity index (χ0n) is 19.4. The number of hydrogen-bond donors (Lipinski definition) is 2. The lowest BCUT2D eigenvalue weighted by atomic mass is 9.89. The quantitative estimate of drug-likeness (QED) is 0.591. The highest BCUT2D eigenvalue weighted by Crippen LogP contribution is 2.36. The molecule has 0 saturated heterocycles. The van der Waals surface area contributed by atoms with Crippen molar-refractivity contribution in [1.82, 2.24) is 20.2 Å². The fourth-order valence-electron chi connectivity index (χ4n) is 4.38. The lowest BCUT2D eigenvalue weighted by molar-refractivity contribution is 0.0950. The molecule has 0 spiro atoms. The van der Waals surface area contributed by atoms with Crippen molar-refractivity contribution in [2.45, 2.75) is 12.8 Å². The fraction of sp³-hybridized carbons (Fsp3) is 0.308. The first kappa shape index (κ1) is 22.0. The van der Waals surface area contributed by atoms with Crippen molar-refractivity contribution in [2.75, 3.05) is 39.5 Å². The maximum Gasteiger partial charge on any atom is 0.251 e. The molecule has 8 nitrogen and oxygen atoms in total. The summed E-state index contributed by atoms with van der Waals surface area (Å²) < 4.78 is 6.05. The number of nitrogens with two attached hydrogens (primary N) is 1. The van der Waals surface area contributed by atoms with Crippen LogP contribution in [0.2, 0.25) is 0 Å². The topological polar surface area (TPSA) is 106 Å². The summed E-state index contributed by atoms with van der Waals surface area (Å²) in [5, 5.41) is 2.98. The monoisotopic (exact) mass is 456 g/mol. The van der Waals surface area contributed by atoms with E-state index in [0.29, 0.717) is 18.7 Å². The van der Waals surface area contributed by atoms with Crippen LogP contribution in [0.3, 0.4) is 0 Å². The molecule has 2 aliphatic heterocycles. The Labute approximate surface area is 198 Å². The number of carbonyl (C=O) groups excluding carboxylic acids is 1. The van der Waals surface area contributed by atoms with Crippen LogP contribution in [0, 0.1) is 5.92 Å². The first-order valence-electron chi connectivity index (χ1n) is 11.4. The van der Waals surface area contributed by atoms with Crippen LogP contribution in [0.15, 0.2) is 53.7 Å². The zero-order chi connectivity index (χ0) is 23.7. The van der Waals surface area contributed by atoms with Gasteiger partial charge in [0.2, 0.25) is 5.95 Å². The summed E-state index contributed by atoms with van der Waals surface area (Å²) in [7, 11) is 3.97. The summed E-state index contributed by atoms with van der Waals surface area (Å²) in [5.41, 5.74) is 12.5. The van der Waals surface area contributed by atoms with E-state index in [9.17, 15) is 4.79 Å². The Bertz CT molecular complexity index is 1270. The predicted molar refractivity (Wildman–Crippen MR) is 133 cm³/mol. The second kappa shape index (κ2) is 9.23. The Hall–Kier alpha value is -3.78. The van der Waals surface area contributed by atoms with Gasteiger partial charge in [0.15, 0.2) is 0 Å². The van der Waals surface area contributed by atoms with Crippen LogP contribution in [0.5, 0.6) is 5.75 Å². The molecular formula is C26H28N6O2. The molecule has 0 saturated carbocycles. The molecule has 0 fully saturated rings. The van der Waals surface area contributed by atoms with E-state index in [4.69, 9.17) is 15.5 Å². The van der Waals surface area contributed by atoms with Gasteiger partial charge in [-0.25, -0.2) is 9.97 Å². The van der Waals surface area contributed by atoms with E-state index in [1.807, 2.05) is 49.3 Å².